The summed E-state index contributed by atoms with van der Waals surface area (Å²) >= 11 is 0. The summed E-state index contributed by atoms with van der Waals surface area (Å²) in [6, 6.07) is 1.02. The largest absolute Gasteiger partial charge is 0.379 e. The molecule has 106 valence electrons. The number of rotatable bonds is 4. The number of primary amides is 1. The summed E-state index contributed by atoms with van der Waals surface area (Å²) in [6.45, 7) is 5.72. The predicted molar refractivity (Wildman–Crippen MR) is 74.7 cm³/mol. The topological polar surface area (TPSA) is 76.2 Å². The number of carbonyl (C=O) groups excluding carboxylic acids is 1. The van der Waals surface area contributed by atoms with Crippen LogP contribution in [0.5, 0.6) is 0 Å². The second-order valence-corrected chi connectivity index (χ2v) is 5.65. The molecule has 1 aromatic rings. The molecule has 6 heteroatoms. The van der Waals surface area contributed by atoms with E-state index in [2.05, 4.69) is 36.2 Å². The number of anilines is 1. The van der Waals surface area contributed by atoms with E-state index in [0.717, 1.165) is 18.7 Å². The highest BCUT2D eigenvalue weighted by molar-refractivity contribution is 5.73. The molecule has 0 spiro atoms. The lowest BCUT2D eigenvalue weighted by atomic mass is 9.90. The minimum atomic E-state index is -0.379. The molecule has 6 nitrogen and oxygen atoms in total. The van der Waals surface area contributed by atoms with Crippen molar-refractivity contribution in [1.82, 2.24) is 14.7 Å². The number of amides is 1. The monoisotopic (exact) mass is 265 g/mol. The molecule has 3 unspecified atom stereocenters. The maximum absolute atomic E-state index is 10.8. The van der Waals surface area contributed by atoms with Crippen molar-refractivity contribution < 1.29 is 4.79 Å². The number of aromatic nitrogens is 2. The predicted octanol–water partition coefficient (Wildman–Crippen LogP) is 0.509. The van der Waals surface area contributed by atoms with Crippen LogP contribution in [0, 0.1) is 5.92 Å². The normalized spacial score (nSPS) is 28.3. The average molecular weight is 265 g/mol. The molecule has 1 aliphatic heterocycles. The quantitative estimate of drug-likeness (QED) is 0.831. The molecule has 0 radical (unpaired) electrons. The Morgan fingerprint density at radius 3 is 3.00 bits per heavy atom. The molecule has 0 aromatic carbocycles. The fourth-order valence-electron chi connectivity index (χ4n) is 2.64. The third kappa shape index (κ3) is 3.47. The number of nitrogens with zero attached hydrogens (tertiary/aromatic N) is 3. The Balaban J connectivity index is 1.96. The minimum Gasteiger partial charge on any atom is -0.379 e. The van der Waals surface area contributed by atoms with Crippen LogP contribution in [0.3, 0.4) is 0 Å². The lowest BCUT2D eigenvalue weighted by Gasteiger charge is -2.40. The van der Waals surface area contributed by atoms with Crippen molar-refractivity contribution in [1.29, 1.82) is 0 Å². The fourth-order valence-corrected chi connectivity index (χ4v) is 2.64. The second-order valence-electron chi connectivity index (χ2n) is 5.65. The van der Waals surface area contributed by atoms with Crippen LogP contribution in [0.15, 0.2) is 12.4 Å². The summed E-state index contributed by atoms with van der Waals surface area (Å²) in [5.41, 5.74) is 6.10. The fraction of sp³-hybridized carbons (Fsp3) is 0.692. The van der Waals surface area contributed by atoms with Crippen LogP contribution < -0.4 is 11.1 Å². The summed E-state index contributed by atoms with van der Waals surface area (Å²) in [6.07, 6.45) is 4.69. The van der Waals surface area contributed by atoms with Crippen LogP contribution in [0.25, 0.3) is 0 Å². The van der Waals surface area contributed by atoms with Gasteiger partial charge < -0.3 is 16.0 Å². The van der Waals surface area contributed by atoms with E-state index < -0.39 is 0 Å². The highest BCUT2D eigenvalue weighted by atomic mass is 16.1. The standard InChI is InChI=1S/C13H23N5O/c1-9-6-17(3)10(2)4-12(9)16-11-5-15-18(7-11)8-13(14)19/h5,7,9-10,12,16H,4,6,8H2,1-3H3,(H2,14,19). The Kier molecular flexibility index (Phi) is 4.09. The molecule has 2 rings (SSSR count). The molecule has 3 N–H and O–H groups in total. The third-order valence-electron chi connectivity index (χ3n) is 3.91. The van der Waals surface area contributed by atoms with Crippen molar-refractivity contribution >= 4 is 11.6 Å². The molecule has 3 atom stereocenters. The summed E-state index contributed by atoms with van der Waals surface area (Å²) in [5.74, 6) is 0.205. The SMILES string of the molecule is CC1CN(C)C(C)CC1Nc1cnn(CC(N)=O)c1. The van der Waals surface area contributed by atoms with Gasteiger partial charge in [-0.3, -0.25) is 9.48 Å². The summed E-state index contributed by atoms with van der Waals surface area (Å²) in [4.78, 5) is 13.2. The lowest BCUT2D eigenvalue weighted by molar-refractivity contribution is -0.118. The van der Waals surface area contributed by atoms with Gasteiger partial charge in [-0.05, 0) is 26.3 Å². The number of carbonyl (C=O) groups is 1. The number of nitrogens with one attached hydrogen (secondary N) is 1. The van der Waals surface area contributed by atoms with E-state index in [9.17, 15) is 4.79 Å². The minimum absolute atomic E-state index is 0.126. The van der Waals surface area contributed by atoms with Crippen molar-refractivity contribution in [2.24, 2.45) is 11.7 Å². The van der Waals surface area contributed by atoms with Crippen molar-refractivity contribution in [3.05, 3.63) is 12.4 Å². The van der Waals surface area contributed by atoms with E-state index in [1.165, 1.54) is 0 Å². The van der Waals surface area contributed by atoms with Crippen molar-refractivity contribution in [2.75, 3.05) is 18.9 Å². The van der Waals surface area contributed by atoms with E-state index in [0.29, 0.717) is 18.0 Å². The number of hydrogen-bond acceptors (Lipinski definition) is 4. The van der Waals surface area contributed by atoms with Crippen LogP contribution in [0.1, 0.15) is 20.3 Å². The van der Waals surface area contributed by atoms with Gasteiger partial charge >= 0.3 is 0 Å². The molecule has 1 aromatic heterocycles. The highest BCUT2D eigenvalue weighted by Crippen LogP contribution is 2.23. The molecular formula is C13H23N5O. The van der Waals surface area contributed by atoms with Crippen molar-refractivity contribution in [2.45, 2.75) is 38.9 Å². The Bertz CT molecular complexity index is 444. The van der Waals surface area contributed by atoms with Gasteiger partial charge in [0.25, 0.3) is 0 Å². The highest BCUT2D eigenvalue weighted by Gasteiger charge is 2.28. The van der Waals surface area contributed by atoms with Crippen LogP contribution in [0.2, 0.25) is 0 Å². The lowest BCUT2D eigenvalue weighted by Crippen LogP contribution is -2.48. The van der Waals surface area contributed by atoms with Gasteiger partial charge in [-0.15, -0.1) is 0 Å². The smallest absolute Gasteiger partial charge is 0.239 e. The van der Waals surface area contributed by atoms with E-state index in [1.54, 1.807) is 10.9 Å². The maximum atomic E-state index is 10.8. The molecule has 0 bridgehead atoms. The molecule has 2 heterocycles. The van der Waals surface area contributed by atoms with Gasteiger partial charge in [0.05, 0.1) is 11.9 Å². The second kappa shape index (κ2) is 5.61. The van der Waals surface area contributed by atoms with Gasteiger partial charge in [-0.25, -0.2) is 0 Å². The first-order valence-corrected chi connectivity index (χ1v) is 6.73. The van der Waals surface area contributed by atoms with Crippen molar-refractivity contribution in [3.63, 3.8) is 0 Å². The summed E-state index contributed by atoms with van der Waals surface area (Å²) < 4.78 is 1.56. The molecule has 1 fully saturated rings. The Morgan fingerprint density at radius 2 is 2.32 bits per heavy atom. The first kappa shape index (κ1) is 13.9. The number of nitrogens with two attached hydrogens (primary N) is 1. The van der Waals surface area contributed by atoms with Crippen LogP contribution in [0.4, 0.5) is 5.69 Å². The van der Waals surface area contributed by atoms with Crippen molar-refractivity contribution in [3.8, 4) is 0 Å². The molecular weight excluding hydrogens is 242 g/mol. The zero-order valence-corrected chi connectivity index (χ0v) is 11.8. The maximum Gasteiger partial charge on any atom is 0.239 e. The molecule has 0 saturated carbocycles. The van der Waals surface area contributed by atoms with E-state index in [1.807, 2.05) is 6.20 Å². The Morgan fingerprint density at radius 1 is 1.58 bits per heavy atom. The summed E-state index contributed by atoms with van der Waals surface area (Å²) in [5, 5.41) is 7.64. The van der Waals surface area contributed by atoms with Gasteiger partial charge in [0.1, 0.15) is 6.54 Å². The molecule has 19 heavy (non-hydrogen) atoms. The van der Waals surface area contributed by atoms with Crippen LogP contribution in [-0.2, 0) is 11.3 Å². The molecule has 1 aliphatic rings. The average Bonchev–Trinajstić information content (AvgIpc) is 2.72. The van der Waals surface area contributed by atoms with E-state index >= 15 is 0 Å². The number of piperidine rings is 1. The summed E-state index contributed by atoms with van der Waals surface area (Å²) in [7, 11) is 2.17. The first-order chi connectivity index (χ1) is 8.95. The van der Waals surface area contributed by atoms with E-state index in [-0.39, 0.29) is 12.5 Å². The number of likely N-dealkylation sites (tertiary alicyclic amines) is 1. The van der Waals surface area contributed by atoms with E-state index in [4.69, 9.17) is 5.73 Å². The zero-order valence-electron chi connectivity index (χ0n) is 11.8. The van der Waals surface area contributed by atoms with Gasteiger partial charge in [0.15, 0.2) is 0 Å². The van der Waals surface area contributed by atoms with Gasteiger partial charge in [0.2, 0.25) is 5.91 Å². The molecule has 1 saturated heterocycles. The molecule has 0 aliphatic carbocycles. The molecule has 1 amide bonds. The van der Waals surface area contributed by atoms with Crippen LogP contribution in [-0.4, -0.2) is 46.3 Å². The van der Waals surface area contributed by atoms with Gasteiger partial charge in [-0.1, -0.05) is 6.92 Å². The van der Waals surface area contributed by atoms with Gasteiger partial charge in [0, 0.05) is 24.8 Å². The van der Waals surface area contributed by atoms with Gasteiger partial charge in [-0.2, -0.15) is 5.10 Å². The number of hydrogen-bond donors (Lipinski definition) is 2. The first-order valence-electron chi connectivity index (χ1n) is 6.73. The van der Waals surface area contributed by atoms with Crippen LogP contribution >= 0.6 is 0 Å². The third-order valence-corrected chi connectivity index (χ3v) is 3.91. The Labute approximate surface area is 113 Å². The zero-order chi connectivity index (χ0) is 14.0. The Hall–Kier alpha value is -1.56.